The highest BCUT2D eigenvalue weighted by Crippen LogP contribution is 2.33. The topological polar surface area (TPSA) is 12.0 Å². The van der Waals surface area contributed by atoms with Crippen LogP contribution in [0.2, 0.25) is 0 Å². The van der Waals surface area contributed by atoms with Crippen molar-refractivity contribution in [3.05, 3.63) is 73.3 Å². The molecule has 0 saturated heterocycles. The summed E-state index contributed by atoms with van der Waals surface area (Å²) in [5.74, 6) is -0.258. The lowest BCUT2D eigenvalue weighted by Gasteiger charge is -2.17. The third kappa shape index (κ3) is 2.95. The number of rotatable bonds is 4. The van der Waals surface area contributed by atoms with Gasteiger partial charge in [-0.2, -0.15) is 0 Å². The van der Waals surface area contributed by atoms with Crippen molar-refractivity contribution in [1.29, 1.82) is 0 Å². The van der Waals surface area contributed by atoms with Gasteiger partial charge in [0.2, 0.25) is 0 Å². The van der Waals surface area contributed by atoms with Crippen LogP contribution >= 0.6 is 38.6 Å². The maximum Gasteiger partial charge on any atom is 0.139 e. The van der Waals surface area contributed by atoms with Crippen molar-refractivity contribution in [2.75, 3.05) is 5.32 Å². The molecule has 0 aliphatic heterocycles. The summed E-state index contributed by atoms with van der Waals surface area (Å²) in [5, 5.41) is 7.52. The van der Waals surface area contributed by atoms with E-state index < -0.39 is 0 Å². The first kappa shape index (κ1) is 13.8. The molecule has 0 aliphatic rings. The quantitative estimate of drug-likeness (QED) is 0.603. The molecule has 0 unspecified atom stereocenters. The van der Waals surface area contributed by atoms with E-state index in [9.17, 15) is 4.39 Å². The summed E-state index contributed by atoms with van der Waals surface area (Å²) in [5.41, 5.74) is 0.775. The molecule has 3 aromatic rings. The molecule has 0 fully saturated rings. The van der Waals surface area contributed by atoms with Gasteiger partial charge in [0.25, 0.3) is 0 Å². The van der Waals surface area contributed by atoms with E-state index in [1.807, 2.05) is 18.2 Å². The van der Waals surface area contributed by atoms with Crippen LogP contribution in [0.3, 0.4) is 0 Å². The van der Waals surface area contributed by atoms with Crippen molar-refractivity contribution in [3.8, 4) is 0 Å². The predicted octanol–water partition coefficient (Wildman–Crippen LogP) is 5.91. The molecule has 0 amide bonds. The van der Waals surface area contributed by atoms with Crippen LogP contribution in [0.5, 0.6) is 0 Å². The van der Waals surface area contributed by atoms with Gasteiger partial charge >= 0.3 is 0 Å². The molecule has 0 saturated carbocycles. The van der Waals surface area contributed by atoms with E-state index >= 15 is 0 Å². The van der Waals surface area contributed by atoms with Crippen LogP contribution in [0.4, 0.5) is 10.1 Å². The lowest BCUT2D eigenvalue weighted by atomic mass is 10.2. The summed E-state index contributed by atoms with van der Waals surface area (Å²) in [6.45, 7) is 0. The van der Waals surface area contributed by atoms with E-state index in [-0.39, 0.29) is 11.9 Å². The molecule has 3 rings (SSSR count). The molecule has 5 heteroatoms. The molecular weight excluding hydrogens is 357 g/mol. The van der Waals surface area contributed by atoms with Crippen molar-refractivity contribution in [1.82, 2.24) is 0 Å². The molecule has 0 atom stereocenters. The molecule has 0 aliphatic carbocycles. The van der Waals surface area contributed by atoms with Gasteiger partial charge in [-0.05, 0) is 57.0 Å². The lowest BCUT2D eigenvalue weighted by Crippen LogP contribution is -2.09. The molecule has 1 N–H and O–H groups in total. The Morgan fingerprint density at radius 3 is 2.15 bits per heavy atom. The Balaban J connectivity index is 1.92. The summed E-state index contributed by atoms with van der Waals surface area (Å²) < 4.78 is 14.1. The van der Waals surface area contributed by atoms with Crippen molar-refractivity contribution >= 4 is 44.3 Å². The molecular formula is C15H11BrFNS2. The Morgan fingerprint density at radius 2 is 1.65 bits per heavy atom. The summed E-state index contributed by atoms with van der Waals surface area (Å²) in [4.78, 5) is 2.44. The number of hydrogen-bond acceptors (Lipinski definition) is 3. The highest BCUT2D eigenvalue weighted by Gasteiger charge is 2.16. The van der Waals surface area contributed by atoms with E-state index in [4.69, 9.17) is 0 Å². The van der Waals surface area contributed by atoms with E-state index in [1.54, 1.807) is 28.7 Å². The number of anilines is 1. The molecule has 1 nitrogen and oxygen atoms in total. The van der Waals surface area contributed by atoms with Crippen molar-refractivity contribution in [2.24, 2.45) is 0 Å². The summed E-state index contributed by atoms with van der Waals surface area (Å²) in [6.07, 6.45) is 0. The molecule has 102 valence electrons. The Kier molecular flexibility index (Phi) is 4.19. The standard InChI is InChI=1S/C15H11BrFNS2/c16-11-6-5-10(9-12(11)17)18-15(13-3-1-7-19-13)14-4-2-8-20-14/h1-9,15,18H. The number of hydrogen-bond donors (Lipinski definition) is 1. The van der Waals surface area contributed by atoms with E-state index in [0.717, 1.165) is 5.69 Å². The zero-order chi connectivity index (χ0) is 13.9. The molecule has 20 heavy (non-hydrogen) atoms. The first-order valence-corrected chi connectivity index (χ1v) is 8.57. The first-order valence-electron chi connectivity index (χ1n) is 6.02. The van der Waals surface area contributed by atoms with E-state index in [2.05, 4.69) is 44.1 Å². The van der Waals surface area contributed by atoms with Gasteiger partial charge in [0.15, 0.2) is 0 Å². The number of nitrogens with one attached hydrogen (secondary N) is 1. The van der Waals surface area contributed by atoms with Gasteiger partial charge in [-0.1, -0.05) is 12.1 Å². The smallest absolute Gasteiger partial charge is 0.139 e. The lowest BCUT2D eigenvalue weighted by molar-refractivity contribution is 0.621. The van der Waals surface area contributed by atoms with Crippen LogP contribution < -0.4 is 5.32 Å². The van der Waals surface area contributed by atoms with Gasteiger partial charge in [0.1, 0.15) is 5.82 Å². The van der Waals surface area contributed by atoms with Crippen molar-refractivity contribution in [2.45, 2.75) is 6.04 Å². The number of halogens is 2. The van der Waals surface area contributed by atoms with Gasteiger partial charge in [0, 0.05) is 15.4 Å². The largest absolute Gasteiger partial charge is 0.373 e. The van der Waals surface area contributed by atoms with Gasteiger partial charge in [-0.15, -0.1) is 22.7 Å². The van der Waals surface area contributed by atoms with Crippen LogP contribution in [-0.2, 0) is 0 Å². The number of thiophene rings is 2. The molecule has 0 radical (unpaired) electrons. The average molecular weight is 368 g/mol. The van der Waals surface area contributed by atoms with Crippen LogP contribution in [0.1, 0.15) is 15.8 Å². The monoisotopic (exact) mass is 367 g/mol. The highest BCUT2D eigenvalue weighted by atomic mass is 79.9. The molecule has 2 heterocycles. The van der Waals surface area contributed by atoms with Gasteiger partial charge < -0.3 is 5.32 Å². The fourth-order valence-electron chi connectivity index (χ4n) is 1.95. The van der Waals surface area contributed by atoms with Crippen LogP contribution in [-0.4, -0.2) is 0 Å². The Bertz CT molecular complexity index is 646. The molecule has 1 aromatic carbocycles. The second-order valence-electron chi connectivity index (χ2n) is 4.24. The minimum Gasteiger partial charge on any atom is -0.373 e. The van der Waals surface area contributed by atoms with Gasteiger partial charge in [0.05, 0.1) is 10.5 Å². The Labute approximate surface area is 133 Å². The summed E-state index contributed by atoms with van der Waals surface area (Å²) in [6, 6.07) is 13.4. The molecule has 0 bridgehead atoms. The second kappa shape index (κ2) is 6.08. The summed E-state index contributed by atoms with van der Waals surface area (Å²) in [7, 11) is 0. The SMILES string of the molecule is Fc1cc(NC(c2cccs2)c2cccs2)ccc1Br. The molecule has 0 spiro atoms. The van der Waals surface area contributed by atoms with Crippen LogP contribution in [0.15, 0.2) is 57.7 Å². The predicted molar refractivity (Wildman–Crippen MR) is 88.2 cm³/mol. The van der Waals surface area contributed by atoms with E-state index in [0.29, 0.717) is 4.47 Å². The Morgan fingerprint density at radius 1 is 1.00 bits per heavy atom. The molecule has 2 aromatic heterocycles. The van der Waals surface area contributed by atoms with Crippen LogP contribution in [0.25, 0.3) is 0 Å². The van der Waals surface area contributed by atoms with E-state index in [1.165, 1.54) is 15.8 Å². The highest BCUT2D eigenvalue weighted by molar-refractivity contribution is 9.10. The maximum atomic E-state index is 13.6. The summed E-state index contributed by atoms with van der Waals surface area (Å²) >= 11 is 6.57. The normalized spacial score (nSPS) is 10.9. The van der Waals surface area contributed by atoms with Crippen molar-refractivity contribution < 1.29 is 4.39 Å². The zero-order valence-corrected chi connectivity index (χ0v) is 13.6. The van der Waals surface area contributed by atoms with Crippen LogP contribution in [0, 0.1) is 5.82 Å². The van der Waals surface area contributed by atoms with Gasteiger partial charge in [-0.3, -0.25) is 0 Å². The van der Waals surface area contributed by atoms with Gasteiger partial charge in [-0.25, -0.2) is 4.39 Å². The number of benzene rings is 1. The third-order valence-electron chi connectivity index (χ3n) is 2.89. The minimum atomic E-state index is -0.258. The maximum absolute atomic E-state index is 13.6. The first-order chi connectivity index (χ1) is 9.74. The minimum absolute atomic E-state index is 0.0653. The fraction of sp³-hybridized carbons (Fsp3) is 0.0667. The zero-order valence-electron chi connectivity index (χ0n) is 10.3. The second-order valence-corrected chi connectivity index (χ2v) is 7.05. The Hall–Kier alpha value is -1.17. The van der Waals surface area contributed by atoms with Crippen molar-refractivity contribution in [3.63, 3.8) is 0 Å². The third-order valence-corrected chi connectivity index (χ3v) is 5.40. The fourth-order valence-corrected chi connectivity index (χ4v) is 3.85. The average Bonchev–Trinajstić information content (AvgIpc) is 3.12.